The molecule has 154 valence electrons. The zero-order chi connectivity index (χ0) is 21.3. The van der Waals surface area contributed by atoms with Crippen molar-refractivity contribution in [3.8, 4) is 17.6 Å². The lowest BCUT2D eigenvalue weighted by molar-refractivity contribution is -0.126. The number of nitrogens with one attached hydrogen (secondary N) is 1. The topological polar surface area (TPSA) is 58.6 Å². The molecule has 3 rings (SSSR count). The van der Waals surface area contributed by atoms with Crippen molar-refractivity contribution in [2.75, 3.05) is 24.6 Å². The van der Waals surface area contributed by atoms with Crippen LogP contribution in [-0.4, -0.2) is 31.5 Å². The minimum Gasteiger partial charge on any atom is -0.481 e. The Morgan fingerprint density at radius 3 is 2.77 bits per heavy atom. The van der Waals surface area contributed by atoms with Gasteiger partial charge in [0.15, 0.2) is 0 Å². The second kappa shape index (κ2) is 10.5. The molecule has 6 heteroatoms. The highest BCUT2D eigenvalue weighted by Gasteiger charge is 2.34. The molecule has 5 nitrogen and oxygen atoms in total. The summed E-state index contributed by atoms with van der Waals surface area (Å²) >= 11 is 5.89. The van der Waals surface area contributed by atoms with Crippen LogP contribution in [0.5, 0.6) is 5.75 Å². The molecular weight excluding hydrogens is 400 g/mol. The molecule has 0 aromatic heterocycles. The summed E-state index contributed by atoms with van der Waals surface area (Å²) in [6.07, 6.45) is 2.74. The van der Waals surface area contributed by atoms with Crippen molar-refractivity contribution in [2.24, 2.45) is 5.92 Å². The maximum atomic E-state index is 12.4. The lowest BCUT2D eigenvalue weighted by Gasteiger charge is -2.16. The van der Waals surface area contributed by atoms with Crippen molar-refractivity contribution >= 4 is 29.1 Å². The van der Waals surface area contributed by atoms with Gasteiger partial charge in [-0.25, -0.2) is 0 Å². The van der Waals surface area contributed by atoms with Crippen LogP contribution in [0.1, 0.15) is 12.0 Å². The standard InChI is InChI=1S/C24H23ClN2O3/c1-2-7-18-8-3-4-9-22(18)30-15-6-5-14-26-24(29)19-16-23(28)27(17-19)21-12-10-20(25)11-13-21/h2-4,8-13,19H,1,7,14-17H2,(H,26,29). The number of allylic oxidation sites excluding steroid dienone is 1. The summed E-state index contributed by atoms with van der Waals surface area (Å²) in [5.41, 5.74) is 1.80. The monoisotopic (exact) mass is 422 g/mol. The Morgan fingerprint density at radius 1 is 1.23 bits per heavy atom. The predicted octanol–water partition coefficient (Wildman–Crippen LogP) is 3.62. The number of carbonyl (C=O) groups is 2. The Balaban J connectivity index is 1.44. The minimum atomic E-state index is -0.392. The first-order valence-corrected chi connectivity index (χ1v) is 10.1. The fraction of sp³-hybridized carbons (Fsp3) is 0.250. The van der Waals surface area contributed by atoms with Crippen LogP contribution < -0.4 is 15.0 Å². The van der Waals surface area contributed by atoms with Crippen molar-refractivity contribution in [1.29, 1.82) is 0 Å². The van der Waals surface area contributed by atoms with Gasteiger partial charge in [-0.15, -0.1) is 6.58 Å². The molecule has 1 unspecified atom stereocenters. The van der Waals surface area contributed by atoms with Crippen molar-refractivity contribution in [3.05, 3.63) is 71.8 Å². The van der Waals surface area contributed by atoms with Gasteiger partial charge in [0.25, 0.3) is 0 Å². The molecule has 1 N–H and O–H groups in total. The number of benzene rings is 2. The van der Waals surface area contributed by atoms with Crippen LogP contribution in [0.4, 0.5) is 5.69 Å². The lowest BCUT2D eigenvalue weighted by atomic mass is 10.1. The maximum absolute atomic E-state index is 12.4. The van der Waals surface area contributed by atoms with Gasteiger partial charge in [-0.3, -0.25) is 9.59 Å². The van der Waals surface area contributed by atoms with E-state index in [0.29, 0.717) is 11.6 Å². The van der Waals surface area contributed by atoms with Gasteiger partial charge in [0, 0.05) is 23.7 Å². The zero-order valence-corrected chi connectivity index (χ0v) is 17.3. The molecule has 0 saturated carbocycles. The molecule has 1 atom stereocenters. The van der Waals surface area contributed by atoms with Crippen LogP contribution in [0.3, 0.4) is 0 Å². The second-order valence-corrected chi connectivity index (χ2v) is 7.28. The summed E-state index contributed by atoms with van der Waals surface area (Å²) in [4.78, 5) is 26.2. The first-order valence-electron chi connectivity index (χ1n) is 9.69. The summed E-state index contributed by atoms with van der Waals surface area (Å²) < 4.78 is 5.69. The van der Waals surface area contributed by atoms with Gasteiger partial charge in [-0.1, -0.05) is 47.7 Å². The molecule has 0 aliphatic carbocycles. The number of rotatable bonds is 7. The fourth-order valence-corrected chi connectivity index (χ4v) is 3.35. The average molecular weight is 423 g/mol. The van der Waals surface area contributed by atoms with Crippen LogP contribution in [0.15, 0.2) is 61.2 Å². The fourth-order valence-electron chi connectivity index (χ4n) is 3.23. The number of hydrogen-bond acceptors (Lipinski definition) is 3. The number of halogens is 1. The molecule has 0 bridgehead atoms. The van der Waals surface area contributed by atoms with Gasteiger partial charge in [-0.05, 0) is 42.3 Å². The predicted molar refractivity (Wildman–Crippen MR) is 119 cm³/mol. The Hall–Kier alpha value is -3.23. The third-order valence-corrected chi connectivity index (χ3v) is 5.00. The smallest absolute Gasteiger partial charge is 0.227 e. The van der Waals surface area contributed by atoms with Crippen molar-refractivity contribution < 1.29 is 14.3 Å². The molecule has 30 heavy (non-hydrogen) atoms. The van der Waals surface area contributed by atoms with Crippen molar-refractivity contribution in [1.82, 2.24) is 5.32 Å². The van der Waals surface area contributed by atoms with Crippen LogP contribution in [0.2, 0.25) is 5.02 Å². The number of anilines is 1. The summed E-state index contributed by atoms with van der Waals surface area (Å²) in [5, 5.41) is 3.38. The summed E-state index contributed by atoms with van der Waals surface area (Å²) in [5.74, 6) is 5.92. The Labute approximate surface area is 181 Å². The number of hydrogen-bond donors (Lipinski definition) is 1. The summed E-state index contributed by atoms with van der Waals surface area (Å²) in [7, 11) is 0. The molecule has 2 aromatic rings. The van der Waals surface area contributed by atoms with Gasteiger partial charge in [0.2, 0.25) is 11.8 Å². The van der Waals surface area contributed by atoms with Crippen LogP contribution >= 0.6 is 11.6 Å². The highest BCUT2D eigenvalue weighted by atomic mass is 35.5. The first-order chi connectivity index (χ1) is 14.6. The van der Waals surface area contributed by atoms with Crippen molar-refractivity contribution in [3.63, 3.8) is 0 Å². The number of amides is 2. The third kappa shape index (κ3) is 5.65. The van der Waals surface area contributed by atoms with Crippen LogP contribution in [0, 0.1) is 17.8 Å². The Kier molecular flexibility index (Phi) is 7.53. The normalized spacial score (nSPS) is 15.3. The van der Waals surface area contributed by atoms with E-state index in [-0.39, 0.29) is 31.4 Å². The molecule has 1 heterocycles. The molecule has 2 amide bonds. The van der Waals surface area contributed by atoms with E-state index in [1.165, 1.54) is 0 Å². The number of ether oxygens (including phenoxy) is 1. The van der Waals surface area contributed by atoms with E-state index in [1.54, 1.807) is 29.2 Å². The second-order valence-electron chi connectivity index (χ2n) is 6.84. The number of para-hydroxylation sites is 1. The zero-order valence-electron chi connectivity index (χ0n) is 16.6. The molecule has 1 aliphatic heterocycles. The molecule has 0 spiro atoms. The summed E-state index contributed by atoms with van der Waals surface area (Å²) in [6, 6.07) is 14.8. The van der Waals surface area contributed by atoms with E-state index in [4.69, 9.17) is 16.3 Å². The third-order valence-electron chi connectivity index (χ3n) is 4.75. The van der Waals surface area contributed by atoms with E-state index >= 15 is 0 Å². The van der Waals surface area contributed by atoms with Gasteiger partial charge >= 0.3 is 0 Å². The quantitative estimate of drug-likeness (QED) is 0.547. The van der Waals surface area contributed by atoms with Gasteiger partial charge in [-0.2, -0.15) is 0 Å². The molecule has 2 aromatic carbocycles. The SMILES string of the molecule is C=CCc1ccccc1OCC#CCNC(=O)C1CC(=O)N(c2ccc(Cl)cc2)C1. The molecule has 0 radical (unpaired) electrons. The Morgan fingerprint density at radius 2 is 2.00 bits per heavy atom. The van der Waals surface area contributed by atoms with E-state index in [2.05, 4.69) is 23.7 Å². The van der Waals surface area contributed by atoms with E-state index < -0.39 is 5.92 Å². The molecule has 1 fully saturated rings. The minimum absolute atomic E-state index is 0.0739. The molecule has 1 aliphatic rings. The highest BCUT2D eigenvalue weighted by Crippen LogP contribution is 2.26. The van der Waals surface area contributed by atoms with E-state index in [9.17, 15) is 9.59 Å². The Bertz CT molecular complexity index is 976. The van der Waals surface area contributed by atoms with Gasteiger partial charge < -0.3 is 15.0 Å². The maximum Gasteiger partial charge on any atom is 0.227 e. The van der Waals surface area contributed by atoms with Crippen LogP contribution in [-0.2, 0) is 16.0 Å². The largest absolute Gasteiger partial charge is 0.481 e. The first kappa shape index (κ1) is 21.5. The molecule has 1 saturated heterocycles. The average Bonchev–Trinajstić information content (AvgIpc) is 3.14. The van der Waals surface area contributed by atoms with Gasteiger partial charge in [0.05, 0.1) is 12.5 Å². The number of carbonyl (C=O) groups excluding carboxylic acids is 2. The number of nitrogens with zero attached hydrogens (tertiary/aromatic N) is 1. The van der Waals surface area contributed by atoms with Gasteiger partial charge in [0.1, 0.15) is 12.4 Å². The van der Waals surface area contributed by atoms with E-state index in [0.717, 1.165) is 23.4 Å². The molecular formula is C24H23ClN2O3. The highest BCUT2D eigenvalue weighted by molar-refractivity contribution is 6.30. The van der Waals surface area contributed by atoms with Crippen LogP contribution in [0.25, 0.3) is 0 Å². The summed E-state index contributed by atoms with van der Waals surface area (Å²) in [6.45, 7) is 4.54. The van der Waals surface area contributed by atoms with Crippen molar-refractivity contribution in [2.45, 2.75) is 12.8 Å². The lowest BCUT2D eigenvalue weighted by Crippen LogP contribution is -2.33. The van der Waals surface area contributed by atoms with E-state index in [1.807, 2.05) is 30.3 Å².